The normalized spacial score (nSPS) is 28.7. The largest absolute Gasteiger partial charge is 0.481 e. The van der Waals surface area contributed by atoms with E-state index in [-0.39, 0.29) is 12.8 Å². The van der Waals surface area contributed by atoms with E-state index in [2.05, 4.69) is 10.6 Å². The second-order valence-electron chi connectivity index (χ2n) is 7.98. The van der Waals surface area contributed by atoms with Gasteiger partial charge in [-0.05, 0) is 36.8 Å². The third-order valence-electron chi connectivity index (χ3n) is 6.38. The van der Waals surface area contributed by atoms with Crippen LogP contribution in [0.2, 0.25) is 5.02 Å². The summed E-state index contributed by atoms with van der Waals surface area (Å²) in [6.07, 6.45) is -0.0795. The Hall–Kier alpha value is -3.23. The van der Waals surface area contributed by atoms with Gasteiger partial charge >= 0.3 is 5.97 Å². The number of fused-ring (bicyclic) bond motifs is 4. The predicted octanol–water partition coefficient (Wildman–Crippen LogP) is 2.13. The monoisotopic (exact) mass is 439 g/mol. The van der Waals surface area contributed by atoms with E-state index in [0.717, 1.165) is 4.90 Å². The van der Waals surface area contributed by atoms with Crippen molar-refractivity contribution in [2.24, 2.45) is 11.8 Å². The number of para-hydroxylation sites is 1. The van der Waals surface area contributed by atoms with Gasteiger partial charge in [0.2, 0.25) is 17.7 Å². The van der Waals surface area contributed by atoms with Crippen molar-refractivity contribution >= 4 is 46.7 Å². The summed E-state index contributed by atoms with van der Waals surface area (Å²) in [6.45, 7) is 0. The van der Waals surface area contributed by atoms with Crippen molar-refractivity contribution in [1.82, 2.24) is 5.32 Å². The molecule has 0 aliphatic carbocycles. The Morgan fingerprint density at radius 1 is 1.06 bits per heavy atom. The Labute approximate surface area is 182 Å². The van der Waals surface area contributed by atoms with Gasteiger partial charge in [0, 0.05) is 28.7 Å². The fourth-order valence-corrected chi connectivity index (χ4v) is 5.26. The van der Waals surface area contributed by atoms with Crippen molar-refractivity contribution in [2.75, 3.05) is 10.2 Å². The van der Waals surface area contributed by atoms with E-state index >= 15 is 0 Å². The van der Waals surface area contributed by atoms with Crippen molar-refractivity contribution in [3.63, 3.8) is 0 Å². The number of nitrogens with zero attached hydrogens (tertiary/aromatic N) is 1. The summed E-state index contributed by atoms with van der Waals surface area (Å²) in [5, 5.41) is 15.7. The lowest BCUT2D eigenvalue weighted by Crippen LogP contribution is -2.53. The first-order valence-electron chi connectivity index (χ1n) is 9.88. The van der Waals surface area contributed by atoms with Crippen LogP contribution in [-0.2, 0) is 24.7 Å². The first kappa shape index (κ1) is 19.7. The smallest absolute Gasteiger partial charge is 0.303 e. The van der Waals surface area contributed by atoms with Gasteiger partial charge in [-0.15, -0.1) is 0 Å². The van der Waals surface area contributed by atoms with Gasteiger partial charge in [-0.2, -0.15) is 0 Å². The summed E-state index contributed by atoms with van der Waals surface area (Å²) in [6, 6.07) is 12.7. The summed E-state index contributed by atoms with van der Waals surface area (Å²) in [5.41, 5.74) is 0.0978. The number of hydrogen-bond acceptors (Lipinski definition) is 5. The van der Waals surface area contributed by atoms with Gasteiger partial charge in [-0.3, -0.25) is 24.5 Å². The Morgan fingerprint density at radius 3 is 2.48 bits per heavy atom. The molecule has 2 fully saturated rings. The molecule has 0 unspecified atom stereocenters. The molecule has 1 spiro atoms. The third-order valence-corrected chi connectivity index (χ3v) is 6.63. The minimum absolute atomic E-state index is 0.112. The Kier molecular flexibility index (Phi) is 4.39. The molecule has 3 aliphatic rings. The number of hydrogen-bond donors (Lipinski definition) is 3. The van der Waals surface area contributed by atoms with E-state index in [1.807, 2.05) is 0 Å². The first-order chi connectivity index (χ1) is 14.8. The maximum Gasteiger partial charge on any atom is 0.303 e. The number of anilines is 2. The maximum absolute atomic E-state index is 13.6. The molecule has 8 nitrogen and oxygen atoms in total. The van der Waals surface area contributed by atoms with Crippen LogP contribution in [0.25, 0.3) is 0 Å². The lowest BCUT2D eigenvalue weighted by Gasteiger charge is -2.29. The zero-order valence-corrected chi connectivity index (χ0v) is 16.9. The maximum atomic E-state index is 13.6. The standard InChI is InChI=1S/C22H18ClN3O5/c23-11-5-7-12(8-6-11)26-19(29)17-15(9-10-16(27)28)25-22(18(17)20(26)30)13-3-1-2-4-14(13)24-21(22)31/h1-8,15,17-18,25H,9-10H2,(H,24,31)(H,27,28)/t15-,17-,18-,22-/m0/s1. The number of amides is 3. The molecule has 158 valence electrons. The van der Waals surface area contributed by atoms with Crippen LogP contribution in [0.1, 0.15) is 18.4 Å². The Bertz CT molecular complexity index is 1130. The zero-order valence-electron chi connectivity index (χ0n) is 16.2. The van der Waals surface area contributed by atoms with Gasteiger partial charge in [-0.1, -0.05) is 29.8 Å². The highest BCUT2D eigenvalue weighted by Gasteiger charge is 2.70. The van der Waals surface area contributed by atoms with Gasteiger partial charge in [0.1, 0.15) is 5.54 Å². The molecule has 0 saturated carbocycles. The third kappa shape index (κ3) is 2.72. The molecule has 0 radical (unpaired) electrons. The Morgan fingerprint density at radius 2 is 1.77 bits per heavy atom. The molecule has 3 heterocycles. The molecule has 3 aliphatic heterocycles. The van der Waals surface area contributed by atoms with Crippen molar-refractivity contribution < 1.29 is 24.3 Å². The van der Waals surface area contributed by atoms with Crippen molar-refractivity contribution in [3.8, 4) is 0 Å². The van der Waals surface area contributed by atoms with Gasteiger partial charge in [-0.25, -0.2) is 4.90 Å². The molecule has 9 heteroatoms. The lowest BCUT2D eigenvalue weighted by atomic mass is 9.76. The quantitative estimate of drug-likeness (QED) is 0.628. The Balaban J connectivity index is 1.64. The predicted molar refractivity (Wildman–Crippen MR) is 111 cm³/mol. The summed E-state index contributed by atoms with van der Waals surface area (Å²) in [5.74, 6) is -4.22. The number of carboxylic acids is 1. The van der Waals surface area contributed by atoms with Crippen LogP contribution < -0.4 is 15.5 Å². The van der Waals surface area contributed by atoms with E-state index < -0.39 is 47.1 Å². The summed E-state index contributed by atoms with van der Waals surface area (Å²) in [4.78, 5) is 52.6. The fraction of sp³-hybridized carbons (Fsp3) is 0.273. The molecular weight excluding hydrogens is 422 g/mol. The number of imide groups is 1. The number of carbonyl (C=O) groups excluding carboxylic acids is 3. The number of nitrogens with one attached hydrogen (secondary N) is 2. The van der Waals surface area contributed by atoms with Gasteiger partial charge in [0.25, 0.3) is 0 Å². The van der Waals surface area contributed by atoms with E-state index in [1.165, 1.54) is 0 Å². The SMILES string of the molecule is O=C(O)CC[C@@H]1N[C@]2(C(=O)Nc3ccccc32)[C@@H]2C(=O)N(c3ccc(Cl)cc3)C(=O)[C@@H]12. The molecular formula is C22H18ClN3O5. The molecule has 2 aromatic carbocycles. The highest BCUT2D eigenvalue weighted by Crippen LogP contribution is 2.54. The van der Waals surface area contributed by atoms with Crippen LogP contribution in [0.5, 0.6) is 0 Å². The second kappa shape index (κ2) is 6.90. The second-order valence-corrected chi connectivity index (χ2v) is 8.42. The minimum atomic E-state index is -1.43. The fourth-order valence-electron chi connectivity index (χ4n) is 5.13. The molecule has 0 bridgehead atoms. The number of rotatable bonds is 4. The summed E-state index contributed by atoms with van der Waals surface area (Å²) >= 11 is 5.95. The lowest BCUT2D eigenvalue weighted by molar-refractivity contribution is -0.137. The van der Waals surface area contributed by atoms with Crippen molar-refractivity contribution in [2.45, 2.75) is 24.4 Å². The minimum Gasteiger partial charge on any atom is -0.481 e. The van der Waals surface area contributed by atoms with Crippen LogP contribution in [0.3, 0.4) is 0 Å². The molecule has 2 aromatic rings. The van der Waals surface area contributed by atoms with E-state index in [1.54, 1.807) is 48.5 Å². The summed E-state index contributed by atoms with van der Waals surface area (Å²) in [7, 11) is 0. The zero-order chi connectivity index (χ0) is 21.9. The number of carboxylic acid groups (broad SMARTS) is 1. The van der Waals surface area contributed by atoms with Crippen LogP contribution in [0.15, 0.2) is 48.5 Å². The number of benzene rings is 2. The average molecular weight is 440 g/mol. The highest BCUT2D eigenvalue weighted by atomic mass is 35.5. The molecule has 31 heavy (non-hydrogen) atoms. The molecule has 4 atom stereocenters. The first-order valence-corrected chi connectivity index (χ1v) is 10.3. The van der Waals surface area contributed by atoms with E-state index in [4.69, 9.17) is 11.6 Å². The van der Waals surface area contributed by atoms with Crippen LogP contribution in [-0.4, -0.2) is 34.8 Å². The van der Waals surface area contributed by atoms with Gasteiger partial charge in [0.05, 0.1) is 17.5 Å². The number of carbonyl (C=O) groups is 4. The van der Waals surface area contributed by atoms with Crippen LogP contribution >= 0.6 is 11.6 Å². The topological polar surface area (TPSA) is 116 Å². The van der Waals surface area contributed by atoms with Crippen molar-refractivity contribution in [3.05, 3.63) is 59.1 Å². The van der Waals surface area contributed by atoms with Gasteiger partial charge in [0.15, 0.2) is 0 Å². The molecule has 3 N–H and O–H groups in total. The molecule has 2 saturated heterocycles. The van der Waals surface area contributed by atoms with E-state index in [9.17, 15) is 24.3 Å². The highest BCUT2D eigenvalue weighted by molar-refractivity contribution is 6.31. The number of halogens is 1. The van der Waals surface area contributed by atoms with Crippen molar-refractivity contribution in [1.29, 1.82) is 0 Å². The van der Waals surface area contributed by atoms with Crippen LogP contribution in [0, 0.1) is 11.8 Å². The van der Waals surface area contributed by atoms with E-state index in [0.29, 0.717) is 22.0 Å². The molecule has 5 rings (SSSR count). The van der Waals surface area contributed by atoms with Crippen LogP contribution in [0.4, 0.5) is 11.4 Å². The average Bonchev–Trinajstić information content (AvgIpc) is 3.32. The number of aliphatic carboxylic acids is 1. The molecule has 0 aromatic heterocycles. The summed E-state index contributed by atoms with van der Waals surface area (Å²) < 4.78 is 0. The van der Waals surface area contributed by atoms with Gasteiger partial charge < -0.3 is 10.4 Å². The molecule has 3 amide bonds.